The number of fused-ring (bicyclic) bond motifs is 1. The number of aromatic nitrogens is 1. The monoisotopic (exact) mass is 394 g/mol. The summed E-state index contributed by atoms with van der Waals surface area (Å²) in [6.07, 6.45) is 5.52. The Morgan fingerprint density at radius 1 is 1.04 bits per heavy atom. The van der Waals surface area contributed by atoms with Crippen molar-refractivity contribution in [1.29, 1.82) is 0 Å². The van der Waals surface area contributed by atoms with E-state index in [1.54, 1.807) is 0 Å². The molecule has 0 atom stereocenters. The third-order valence-corrected chi connectivity index (χ3v) is 6.07. The second-order valence-corrected chi connectivity index (χ2v) is 8.06. The molecule has 144 valence electrons. The summed E-state index contributed by atoms with van der Waals surface area (Å²) in [5.41, 5.74) is 1.87. The van der Waals surface area contributed by atoms with E-state index in [1.165, 1.54) is 18.1 Å². The number of aromatic amines is 1. The van der Waals surface area contributed by atoms with Gasteiger partial charge in [-0.25, -0.2) is 0 Å². The second-order valence-electron chi connectivity index (χ2n) is 7.63. The Labute approximate surface area is 168 Å². The minimum atomic E-state index is -0.272. The van der Waals surface area contributed by atoms with Crippen molar-refractivity contribution < 1.29 is 4.79 Å². The van der Waals surface area contributed by atoms with Crippen molar-refractivity contribution in [3.8, 4) is 0 Å². The van der Waals surface area contributed by atoms with Crippen LogP contribution in [0.15, 0.2) is 59.4 Å². The Hall–Kier alpha value is -2.59. The van der Waals surface area contributed by atoms with Crippen molar-refractivity contribution in [2.24, 2.45) is 0 Å². The lowest BCUT2D eigenvalue weighted by atomic mass is 9.69. The van der Waals surface area contributed by atoms with Gasteiger partial charge in [0.1, 0.15) is 0 Å². The maximum absolute atomic E-state index is 13.0. The molecule has 1 aromatic heterocycles. The van der Waals surface area contributed by atoms with E-state index < -0.39 is 0 Å². The van der Waals surface area contributed by atoms with E-state index in [0.717, 1.165) is 36.1 Å². The normalized spacial score (nSPS) is 16.0. The van der Waals surface area contributed by atoms with Crippen LogP contribution in [0.1, 0.15) is 48.0 Å². The number of nitrogens with one attached hydrogen (secondary N) is 2. The Bertz CT molecular complexity index is 1070. The summed E-state index contributed by atoms with van der Waals surface area (Å²) < 4.78 is 0. The number of para-hydroxylation sites is 1. The fourth-order valence-electron chi connectivity index (χ4n) is 4.35. The van der Waals surface area contributed by atoms with Crippen LogP contribution in [0.2, 0.25) is 5.02 Å². The molecule has 1 aliphatic rings. The fourth-order valence-corrected chi connectivity index (χ4v) is 4.54. The van der Waals surface area contributed by atoms with Gasteiger partial charge in [0.25, 0.3) is 5.91 Å². The Morgan fingerprint density at radius 2 is 1.82 bits per heavy atom. The van der Waals surface area contributed by atoms with E-state index >= 15 is 0 Å². The van der Waals surface area contributed by atoms with E-state index in [1.807, 2.05) is 42.5 Å². The zero-order chi connectivity index (χ0) is 19.6. The van der Waals surface area contributed by atoms with E-state index in [0.29, 0.717) is 17.6 Å². The molecule has 0 aliphatic heterocycles. The van der Waals surface area contributed by atoms with E-state index in [9.17, 15) is 9.59 Å². The first kappa shape index (κ1) is 18.8. The topological polar surface area (TPSA) is 62.0 Å². The van der Waals surface area contributed by atoms with Crippen molar-refractivity contribution in [2.75, 3.05) is 6.54 Å². The molecule has 1 heterocycles. The maximum Gasteiger partial charge on any atom is 0.252 e. The van der Waals surface area contributed by atoms with Crippen LogP contribution in [0.3, 0.4) is 0 Å². The van der Waals surface area contributed by atoms with Crippen molar-refractivity contribution in [3.63, 3.8) is 0 Å². The Kier molecular flexibility index (Phi) is 5.23. The number of halogens is 1. The fraction of sp³-hybridized carbons (Fsp3) is 0.304. The van der Waals surface area contributed by atoms with Gasteiger partial charge in [0.05, 0.1) is 5.56 Å². The summed E-state index contributed by atoms with van der Waals surface area (Å²) in [7, 11) is 0. The van der Waals surface area contributed by atoms with Crippen molar-refractivity contribution in [2.45, 2.75) is 37.5 Å². The van der Waals surface area contributed by atoms with Gasteiger partial charge in [-0.05, 0) is 36.6 Å². The minimum Gasteiger partial charge on any atom is -0.351 e. The van der Waals surface area contributed by atoms with E-state index in [-0.39, 0.29) is 16.9 Å². The van der Waals surface area contributed by atoms with Crippen molar-refractivity contribution in [3.05, 3.63) is 81.1 Å². The summed E-state index contributed by atoms with van der Waals surface area (Å²) >= 11 is 6.24. The van der Waals surface area contributed by atoms with Gasteiger partial charge in [-0.3, -0.25) is 9.59 Å². The Morgan fingerprint density at radius 3 is 2.61 bits per heavy atom. The predicted octanol–water partition coefficient (Wildman–Crippen LogP) is 4.81. The lowest BCUT2D eigenvalue weighted by Gasteiger charge is -2.38. The third-order valence-electron chi connectivity index (χ3n) is 5.83. The summed E-state index contributed by atoms with van der Waals surface area (Å²) in [6, 6.07) is 16.7. The van der Waals surface area contributed by atoms with E-state index in [2.05, 4.69) is 16.4 Å². The molecule has 4 nitrogen and oxygen atoms in total. The minimum absolute atomic E-state index is 0.115. The number of rotatable bonds is 4. The lowest BCUT2D eigenvalue weighted by Crippen LogP contribution is -2.42. The van der Waals surface area contributed by atoms with Crippen LogP contribution in [-0.4, -0.2) is 17.4 Å². The molecule has 0 radical (unpaired) electrons. The summed E-state index contributed by atoms with van der Waals surface area (Å²) in [4.78, 5) is 27.8. The van der Waals surface area contributed by atoms with Crippen LogP contribution in [0.25, 0.3) is 10.9 Å². The third kappa shape index (κ3) is 3.69. The van der Waals surface area contributed by atoms with Gasteiger partial charge in [0.2, 0.25) is 5.56 Å². The first-order valence-corrected chi connectivity index (χ1v) is 10.1. The first-order valence-electron chi connectivity index (χ1n) is 9.74. The average Bonchev–Trinajstić information content (AvgIpc) is 2.72. The smallest absolute Gasteiger partial charge is 0.252 e. The van der Waals surface area contributed by atoms with Crippen LogP contribution >= 0.6 is 11.6 Å². The summed E-state index contributed by atoms with van der Waals surface area (Å²) in [6.45, 7) is 0.535. The van der Waals surface area contributed by atoms with Gasteiger partial charge in [0.15, 0.2) is 0 Å². The molecule has 28 heavy (non-hydrogen) atoms. The molecule has 3 aromatic rings. The molecule has 1 amide bonds. The number of hydrogen-bond acceptors (Lipinski definition) is 2. The molecule has 1 saturated carbocycles. The molecule has 0 saturated heterocycles. The highest BCUT2D eigenvalue weighted by Gasteiger charge is 2.34. The molecule has 4 rings (SSSR count). The molecule has 5 heteroatoms. The second kappa shape index (κ2) is 7.80. The number of carbonyl (C=O) groups is 1. The number of pyridine rings is 1. The SMILES string of the molecule is O=C(NCC1(c2cccc(Cl)c2)CCCCC1)c1cc(=O)[nH]c2ccccc12. The maximum atomic E-state index is 13.0. The number of hydrogen-bond donors (Lipinski definition) is 2. The number of benzene rings is 2. The van der Waals surface area contributed by atoms with Gasteiger partial charge in [-0.2, -0.15) is 0 Å². The predicted molar refractivity (Wildman–Crippen MR) is 113 cm³/mol. The first-order chi connectivity index (χ1) is 13.6. The highest BCUT2D eigenvalue weighted by Crippen LogP contribution is 2.39. The molecule has 2 aromatic carbocycles. The number of amides is 1. The molecule has 1 aliphatic carbocycles. The van der Waals surface area contributed by atoms with Crippen LogP contribution in [0.4, 0.5) is 0 Å². The van der Waals surface area contributed by atoms with Gasteiger partial charge in [0, 0.05) is 34.0 Å². The zero-order valence-electron chi connectivity index (χ0n) is 15.6. The lowest BCUT2D eigenvalue weighted by molar-refractivity contribution is 0.0938. The van der Waals surface area contributed by atoms with Crippen LogP contribution in [0, 0.1) is 0 Å². The van der Waals surface area contributed by atoms with Gasteiger partial charge >= 0.3 is 0 Å². The number of H-pyrrole nitrogens is 1. The highest BCUT2D eigenvalue weighted by atomic mass is 35.5. The largest absolute Gasteiger partial charge is 0.351 e. The van der Waals surface area contributed by atoms with Crippen molar-refractivity contribution in [1.82, 2.24) is 10.3 Å². The van der Waals surface area contributed by atoms with Gasteiger partial charge in [-0.1, -0.05) is 61.2 Å². The average molecular weight is 395 g/mol. The molecule has 1 fully saturated rings. The number of carbonyl (C=O) groups excluding carboxylic acids is 1. The highest BCUT2D eigenvalue weighted by molar-refractivity contribution is 6.30. The summed E-state index contributed by atoms with van der Waals surface area (Å²) in [5.74, 6) is -0.214. The standard InChI is InChI=1S/C23H23ClN2O2/c24-17-8-6-7-16(13-17)23(11-4-1-5-12-23)15-25-22(28)19-14-21(27)26-20-10-3-2-9-18(19)20/h2-3,6-10,13-14H,1,4-5,11-12,15H2,(H,25,28)(H,26,27). The molecule has 0 spiro atoms. The molecular weight excluding hydrogens is 372 g/mol. The van der Waals surface area contributed by atoms with E-state index in [4.69, 9.17) is 11.6 Å². The van der Waals surface area contributed by atoms with Gasteiger partial charge < -0.3 is 10.3 Å². The van der Waals surface area contributed by atoms with Crippen LogP contribution in [0.5, 0.6) is 0 Å². The van der Waals surface area contributed by atoms with Crippen LogP contribution in [-0.2, 0) is 5.41 Å². The molecule has 0 unspecified atom stereocenters. The van der Waals surface area contributed by atoms with Crippen LogP contribution < -0.4 is 10.9 Å². The summed E-state index contributed by atoms with van der Waals surface area (Å²) in [5, 5.41) is 4.58. The quantitative estimate of drug-likeness (QED) is 0.666. The molecular formula is C23H23ClN2O2. The molecule has 0 bridgehead atoms. The van der Waals surface area contributed by atoms with Crippen molar-refractivity contribution >= 4 is 28.4 Å². The Balaban J connectivity index is 1.63. The van der Waals surface area contributed by atoms with Gasteiger partial charge in [-0.15, -0.1) is 0 Å². The zero-order valence-corrected chi connectivity index (χ0v) is 16.4. The molecule has 2 N–H and O–H groups in total.